The molecule has 0 N–H and O–H groups in total. The monoisotopic (exact) mass is 349 g/mol. The molecule has 0 aliphatic carbocycles. The number of likely N-dealkylation sites (tertiary alicyclic amines) is 1. The highest BCUT2D eigenvalue weighted by molar-refractivity contribution is 5.83. The van der Waals surface area contributed by atoms with Gasteiger partial charge in [-0.25, -0.2) is 0 Å². The number of aromatic nitrogens is 2. The molecule has 0 unspecified atom stereocenters. The Morgan fingerprint density at radius 3 is 2.96 bits per heavy atom. The van der Waals surface area contributed by atoms with E-state index in [0.717, 1.165) is 38.3 Å². The van der Waals surface area contributed by atoms with E-state index in [1.54, 1.807) is 0 Å². The molecule has 1 fully saturated rings. The fourth-order valence-electron chi connectivity index (χ4n) is 3.92. The Bertz CT molecular complexity index is 843. The number of hydrogen-bond donors (Lipinski definition) is 0. The third kappa shape index (κ3) is 3.81. The van der Waals surface area contributed by atoms with Gasteiger partial charge in [0.1, 0.15) is 0 Å². The third-order valence-electron chi connectivity index (χ3n) is 5.29. The van der Waals surface area contributed by atoms with Crippen molar-refractivity contribution < 1.29 is 4.74 Å². The first-order chi connectivity index (χ1) is 12.8. The van der Waals surface area contributed by atoms with Crippen molar-refractivity contribution in [2.45, 2.75) is 45.6 Å². The van der Waals surface area contributed by atoms with E-state index in [9.17, 15) is 0 Å². The average molecular weight is 349 g/mol. The van der Waals surface area contributed by atoms with Crippen LogP contribution in [0.15, 0.2) is 54.9 Å². The number of ether oxygens (including phenoxy) is 1. The van der Waals surface area contributed by atoms with Crippen molar-refractivity contribution in [1.82, 2.24) is 14.5 Å². The van der Waals surface area contributed by atoms with Gasteiger partial charge in [0.05, 0.1) is 18.4 Å². The Morgan fingerprint density at radius 2 is 2.12 bits per heavy atom. The number of fused-ring (bicyclic) bond motifs is 1. The molecule has 3 heterocycles. The molecule has 2 aromatic heterocycles. The van der Waals surface area contributed by atoms with Crippen molar-refractivity contribution >= 4 is 10.9 Å². The van der Waals surface area contributed by atoms with Gasteiger partial charge in [-0.2, -0.15) is 0 Å². The number of pyridine rings is 1. The van der Waals surface area contributed by atoms with Crippen LogP contribution in [0.3, 0.4) is 0 Å². The van der Waals surface area contributed by atoms with E-state index in [4.69, 9.17) is 4.74 Å². The third-order valence-corrected chi connectivity index (χ3v) is 5.29. The van der Waals surface area contributed by atoms with Crippen molar-refractivity contribution in [2.24, 2.45) is 0 Å². The van der Waals surface area contributed by atoms with Crippen molar-refractivity contribution in [2.75, 3.05) is 13.1 Å². The molecule has 0 saturated carbocycles. The van der Waals surface area contributed by atoms with E-state index in [1.807, 2.05) is 24.4 Å². The van der Waals surface area contributed by atoms with Crippen molar-refractivity contribution in [3.05, 3.63) is 66.1 Å². The Balaban J connectivity index is 1.40. The highest BCUT2D eigenvalue weighted by atomic mass is 16.5. The molecule has 136 valence electrons. The number of piperidine rings is 1. The Hall–Kier alpha value is -2.17. The first-order valence-electron chi connectivity index (χ1n) is 9.64. The molecule has 0 amide bonds. The summed E-state index contributed by atoms with van der Waals surface area (Å²) < 4.78 is 8.45. The summed E-state index contributed by atoms with van der Waals surface area (Å²) in [5.41, 5.74) is 3.76. The lowest BCUT2D eigenvalue weighted by Gasteiger charge is -2.32. The summed E-state index contributed by atoms with van der Waals surface area (Å²) in [5.74, 6) is 0. The van der Waals surface area contributed by atoms with Gasteiger partial charge in [-0.3, -0.25) is 9.88 Å². The van der Waals surface area contributed by atoms with Crippen LogP contribution in [-0.2, 0) is 24.4 Å². The van der Waals surface area contributed by atoms with Gasteiger partial charge in [-0.05, 0) is 56.1 Å². The van der Waals surface area contributed by atoms with Crippen LogP contribution in [0.2, 0.25) is 0 Å². The van der Waals surface area contributed by atoms with Gasteiger partial charge in [0.25, 0.3) is 0 Å². The maximum absolute atomic E-state index is 6.14. The SMILES string of the molecule is CCn1ccc2c(CN3CCC[C@@H](OCc4ccccn4)C3)cccc21. The van der Waals surface area contributed by atoms with Gasteiger partial charge in [-0.1, -0.05) is 18.2 Å². The smallest absolute Gasteiger partial charge is 0.0892 e. The minimum atomic E-state index is 0.296. The normalized spacial score (nSPS) is 18.4. The first-order valence-corrected chi connectivity index (χ1v) is 9.64. The molecular weight excluding hydrogens is 322 g/mol. The molecule has 26 heavy (non-hydrogen) atoms. The lowest BCUT2D eigenvalue weighted by Crippen LogP contribution is -2.39. The maximum Gasteiger partial charge on any atom is 0.0892 e. The topological polar surface area (TPSA) is 30.3 Å². The van der Waals surface area contributed by atoms with E-state index in [2.05, 4.69) is 51.8 Å². The van der Waals surface area contributed by atoms with Crippen LogP contribution in [0.4, 0.5) is 0 Å². The predicted molar refractivity (Wildman–Crippen MR) is 105 cm³/mol. The highest BCUT2D eigenvalue weighted by Crippen LogP contribution is 2.24. The van der Waals surface area contributed by atoms with Gasteiger partial charge >= 0.3 is 0 Å². The maximum atomic E-state index is 6.14. The minimum Gasteiger partial charge on any atom is -0.371 e. The summed E-state index contributed by atoms with van der Waals surface area (Å²) in [4.78, 5) is 6.89. The molecule has 3 aromatic rings. The van der Waals surface area contributed by atoms with Gasteiger partial charge in [0.15, 0.2) is 0 Å². The second-order valence-corrected chi connectivity index (χ2v) is 7.08. The standard InChI is InChI=1S/C22H27N3O/c1-2-25-14-11-21-18(7-5-10-22(21)25)15-24-13-6-9-20(16-24)26-17-19-8-3-4-12-23-19/h3-5,7-8,10-12,14,20H,2,6,9,13,15-17H2,1H3/t20-/m1/s1. The lowest BCUT2D eigenvalue weighted by molar-refractivity contribution is -0.0131. The number of nitrogens with zero attached hydrogens (tertiary/aromatic N) is 3. The summed E-state index contributed by atoms with van der Waals surface area (Å²) in [6, 6.07) is 14.9. The summed E-state index contributed by atoms with van der Waals surface area (Å²) >= 11 is 0. The molecule has 1 aliphatic heterocycles. The van der Waals surface area contributed by atoms with Gasteiger partial charge in [0.2, 0.25) is 0 Å². The fraction of sp³-hybridized carbons (Fsp3) is 0.409. The average Bonchev–Trinajstić information content (AvgIpc) is 3.12. The van der Waals surface area contributed by atoms with Crippen LogP contribution < -0.4 is 0 Å². The number of hydrogen-bond acceptors (Lipinski definition) is 3. The molecule has 4 heteroatoms. The molecule has 1 saturated heterocycles. The predicted octanol–water partition coefficient (Wildman–Crippen LogP) is 4.24. The summed E-state index contributed by atoms with van der Waals surface area (Å²) in [5, 5.41) is 1.38. The number of rotatable bonds is 6. The summed E-state index contributed by atoms with van der Waals surface area (Å²) in [7, 11) is 0. The second kappa shape index (κ2) is 8.02. The van der Waals surface area contributed by atoms with E-state index >= 15 is 0 Å². The Morgan fingerprint density at radius 1 is 1.15 bits per heavy atom. The van der Waals surface area contributed by atoms with Crippen molar-refractivity contribution in [3.8, 4) is 0 Å². The van der Waals surface area contributed by atoms with Gasteiger partial charge < -0.3 is 9.30 Å². The Labute approximate surface area is 155 Å². The molecule has 1 aromatic carbocycles. The highest BCUT2D eigenvalue weighted by Gasteiger charge is 2.21. The quantitative estimate of drug-likeness (QED) is 0.667. The molecule has 1 aliphatic rings. The summed E-state index contributed by atoms with van der Waals surface area (Å²) in [6.45, 7) is 6.95. The molecule has 4 rings (SSSR count). The van der Waals surface area contributed by atoms with Crippen LogP contribution in [0.1, 0.15) is 31.0 Å². The largest absolute Gasteiger partial charge is 0.371 e. The zero-order valence-corrected chi connectivity index (χ0v) is 15.5. The van der Waals surface area contributed by atoms with Crippen LogP contribution >= 0.6 is 0 Å². The molecule has 0 spiro atoms. The molecule has 0 radical (unpaired) electrons. The number of benzene rings is 1. The fourth-order valence-corrected chi connectivity index (χ4v) is 3.92. The van der Waals surface area contributed by atoms with E-state index in [-0.39, 0.29) is 0 Å². The molecule has 1 atom stereocenters. The molecular formula is C22H27N3O. The van der Waals surface area contributed by atoms with E-state index < -0.39 is 0 Å². The van der Waals surface area contributed by atoms with Gasteiger partial charge in [0, 0.05) is 42.9 Å². The number of aryl methyl sites for hydroxylation is 1. The zero-order valence-electron chi connectivity index (χ0n) is 15.5. The molecule has 4 nitrogen and oxygen atoms in total. The second-order valence-electron chi connectivity index (χ2n) is 7.08. The van der Waals surface area contributed by atoms with Crippen molar-refractivity contribution in [3.63, 3.8) is 0 Å². The first kappa shape index (κ1) is 17.3. The summed E-state index contributed by atoms with van der Waals surface area (Å²) in [6.07, 6.45) is 6.65. The van der Waals surface area contributed by atoms with E-state index in [1.165, 1.54) is 22.9 Å². The molecule has 0 bridgehead atoms. The van der Waals surface area contributed by atoms with Crippen molar-refractivity contribution in [1.29, 1.82) is 0 Å². The van der Waals surface area contributed by atoms with Crippen LogP contribution in [0.25, 0.3) is 10.9 Å². The van der Waals surface area contributed by atoms with Crippen LogP contribution in [-0.4, -0.2) is 33.6 Å². The van der Waals surface area contributed by atoms with Gasteiger partial charge in [-0.15, -0.1) is 0 Å². The van der Waals surface area contributed by atoms with E-state index in [0.29, 0.717) is 12.7 Å². The zero-order chi connectivity index (χ0) is 17.8. The minimum absolute atomic E-state index is 0.296. The van der Waals surface area contributed by atoms with Crippen LogP contribution in [0, 0.1) is 0 Å². The van der Waals surface area contributed by atoms with Crippen LogP contribution in [0.5, 0.6) is 0 Å². The Kier molecular flexibility index (Phi) is 5.32. The lowest BCUT2D eigenvalue weighted by atomic mass is 10.1.